The van der Waals surface area contributed by atoms with Gasteiger partial charge in [-0.2, -0.15) is 13.2 Å². The summed E-state index contributed by atoms with van der Waals surface area (Å²) in [5.74, 6) is -1.78. The van der Waals surface area contributed by atoms with Crippen LogP contribution in [0.4, 0.5) is 18.9 Å². The minimum Gasteiger partial charge on any atom is -0.493 e. The van der Waals surface area contributed by atoms with E-state index in [4.69, 9.17) is 9.47 Å². The predicted octanol–water partition coefficient (Wildman–Crippen LogP) is 1.83. The van der Waals surface area contributed by atoms with Gasteiger partial charge in [-0.15, -0.1) is 0 Å². The molecule has 0 aliphatic rings. The van der Waals surface area contributed by atoms with E-state index >= 15 is 0 Å². The van der Waals surface area contributed by atoms with Crippen molar-refractivity contribution in [1.29, 1.82) is 0 Å². The minimum absolute atomic E-state index is 0.116. The third-order valence-corrected chi connectivity index (χ3v) is 2.72. The summed E-state index contributed by atoms with van der Waals surface area (Å²) >= 11 is 0. The summed E-state index contributed by atoms with van der Waals surface area (Å²) in [6, 6.07) is 2.40. The molecule has 1 N–H and O–H groups in total. The molecule has 0 aromatic heterocycles. The Morgan fingerprint density at radius 1 is 1.27 bits per heavy atom. The molecule has 0 bridgehead atoms. The summed E-state index contributed by atoms with van der Waals surface area (Å²) in [4.78, 5) is 21.0. The van der Waals surface area contributed by atoms with Crippen molar-refractivity contribution in [2.45, 2.75) is 12.6 Å². The van der Waals surface area contributed by atoms with Crippen molar-refractivity contribution < 1.29 is 32.4 Å². The molecular formula is C12H13F3N2O5. The second kappa shape index (κ2) is 6.96. The number of hydrogen-bond acceptors (Lipinski definition) is 5. The Labute approximate surface area is 123 Å². The first-order valence-corrected chi connectivity index (χ1v) is 5.95. The maximum atomic E-state index is 12.0. The van der Waals surface area contributed by atoms with E-state index in [1.165, 1.54) is 20.3 Å². The predicted molar refractivity (Wildman–Crippen MR) is 69.0 cm³/mol. The summed E-state index contributed by atoms with van der Waals surface area (Å²) in [7, 11) is 2.61. The third kappa shape index (κ3) is 4.24. The zero-order valence-corrected chi connectivity index (χ0v) is 11.7. The van der Waals surface area contributed by atoms with Crippen LogP contribution in [0.1, 0.15) is 5.56 Å². The zero-order chi connectivity index (χ0) is 16.9. The quantitative estimate of drug-likeness (QED) is 0.637. The zero-order valence-electron chi connectivity index (χ0n) is 11.7. The monoisotopic (exact) mass is 322 g/mol. The molecular weight excluding hydrogens is 309 g/mol. The number of carbonyl (C=O) groups excluding carboxylic acids is 1. The van der Waals surface area contributed by atoms with Crippen molar-refractivity contribution in [3.05, 3.63) is 27.8 Å². The number of rotatable bonds is 6. The normalized spacial score (nSPS) is 11.0. The number of nitrogens with zero attached hydrogens (tertiary/aromatic N) is 1. The molecule has 1 rings (SSSR count). The maximum Gasteiger partial charge on any atom is 0.471 e. The van der Waals surface area contributed by atoms with E-state index < -0.39 is 23.6 Å². The van der Waals surface area contributed by atoms with E-state index in [0.717, 1.165) is 6.07 Å². The summed E-state index contributed by atoms with van der Waals surface area (Å²) in [5, 5.41) is 12.6. The second-order valence-corrected chi connectivity index (χ2v) is 4.10. The SMILES string of the molecule is COc1cc(CCNC(=O)C(F)(F)F)c([N+](=O)[O-])cc1OC. The van der Waals surface area contributed by atoms with Crippen molar-refractivity contribution >= 4 is 11.6 Å². The van der Waals surface area contributed by atoms with Crippen LogP contribution in [0, 0.1) is 10.1 Å². The van der Waals surface area contributed by atoms with Gasteiger partial charge in [-0.3, -0.25) is 14.9 Å². The molecule has 0 heterocycles. The fraction of sp³-hybridized carbons (Fsp3) is 0.417. The number of hydrogen-bond donors (Lipinski definition) is 1. The lowest BCUT2D eigenvalue weighted by atomic mass is 10.1. The number of amides is 1. The summed E-state index contributed by atoms with van der Waals surface area (Å²) in [6.45, 7) is -0.408. The van der Waals surface area contributed by atoms with Crippen molar-refractivity contribution in [3.8, 4) is 11.5 Å². The molecule has 0 fully saturated rings. The standard InChI is InChI=1S/C12H13F3N2O5/c1-21-9-5-7(3-4-16-11(18)12(13,14)15)8(17(19)20)6-10(9)22-2/h5-6H,3-4H2,1-2H3,(H,16,18). The molecule has 10 heteroatoms. The molecule has 0 radical (unpaired) electrons. The molecule has 7 nitrogen and oxygen atoms in total. The van der Waals surface area contributed by atoms with E-state index in [2.05, 4.69) is 0 Å². The van der Waals surface area contributed by atoms with E-state index in [0.29, 0.717) is 0 Å². The first-order chi connectivity index (χ1) is 10.2. The lowest BCUT2D eigenvalue weighted by molar-refractivity contribution is -0.385. The fourth-order valence-corrected chi connectivity index (χ4v) is 1.69. The van der Waals surface area contributed by atoms with Crippen LogP contribution in [0.3, 0.4) is 0 Å². The van der Waals surface area contributed by atoms with Crippen LogP contribution < -0.4 is 14.8 Å². The molecule has 0 atom stereocenters. The number of halogens is 3. The van der Waals surface area contributed by atoms with Gasteiger partial charge in [-0.25, -0.2) is 0 Å². The lowest BCUT2D eigenvalue weighted by Crippen LogP contribution is -2.37. The van der Waals surface area contributed by atoms with Crippen molar-refractivity contribution in [2.75, 3.05) is 20.8 Å². The van der Waals surface area contributed by atoms with Crippen LogP contribution in [-0.2, 0) is 11.2 Å². The molecule has 0 aliphatic carbocycles. The fourth-order valence-electron chi connectivity index (χ4n) is 1.69. The number of ether oxygens (including phenoxy) is 2. The number of nitro benzene ring substituents is 1. The number of benzene rings is 1. The van der Waals surface area contributed by atoms with Gasteiger partial charge in [0.25, 0.3) is 5.69 Å². The van der Waals surface area contributed by atoms with Gasteiger partial charge in [0.1, 0.15) is 0 Å². The Morgan fingerprint density at radius 3 is 2.27 bits per heavy atom. The van der Waals surface area contributed by atoms with Crippen LogP contribution in [0.15, 0.2) is 12.1 Å². The van der Waals surface area contributed by atoms with Crippen molar-refractivity contribution in [2.24, 2.45) is 0 Å². The molecule has 122 valence electrons. The Kier molecular flexibility index (Phi) is 5.55. The average molecular weight is 322 g/mol. The molecule has 1 aromatic carbocycles. The summed E-state index contributed by atoms with van der Waals surface area (Å²) in [6.07, 6.45) is -5.16. The third-order valence-electron chi connectivity index (χ3n) is 2.72. The number of nitro groups is 1. The van der Waals surface area contributed by atoms with Crippen LogP contribution in [0.5, 0.6) is 11.5 Å². The molecule has 22 heavy (non-hydrogen) atoms. The molecule has 0 spiro atoms. The molecule has 0 unspecified atom stereocenters. The average Bonchev–Trinajstić information content (AvgIpc) is 2.45. The van der Waals surface area contributed by atoms with Gasteiger partial charge >= 0.3 is 12.1 Å². The highest BCUT2D eigenvalue weighted by molar-refractivity contribution is 5.81. The highest BCUT2D eigenvalue weighted by atomic mass is 19.4. The smallest absolute Gasteiger partial charge is 0.471 e. The Balaban J connectivity index is 2.93. The van der Waals surface area contributed by atoms with Crippen molar-refractivity contribution in [1.82, 2.24) is 5.32 Å². The topological polar surface area (TPSA) is 90.7 Å². The summed E-state index contributed by atoms with van der Waals surface area (Å²) in [5.41, 5.74) is -0.218. The van der Waals surface area contributed by atoms with Gasteiger partial charge in [0.15, 0.2) is 11.5 Å². The van der Waals surface area contributed by atoms with Gasteiger partial charge < -0.3 is 14.8 Å². The number of methoxy groups -OCH3 is 2. The number of carbonyl (C=O) groups is 1. The Bertz CT molecular complexity index is 575. The highest BCUT2D eigenvalue weighted by Crippen LogP contribution is 2.34. The number of nitrogens with one attached hydrogen (secondary N) is 1. The lowest BCUT2D eigenvalue weighted by Gasteiger charge is -2.11. The maximum absolute atomic E-state index is 12.0. The molecule has 0 aliphatic heterocycles. The first kappa shape index (κ1) is 17.5. The molecule has 0 saturated carbocycles. The van der Waals surface area contributed by atoms with Crippen molar-refractivity contribution in [3.63, 3.8) is 0 Å². The van der Waals surface area contributed by atoms with E-state index in [1.807, 2.05) is 0 Å². The van der Waals surface area contributed by atoms with E-state index in [-0.39, 0.29) is 29.2 Å². The Hall–Kier alpha value is -2.52. The van der Waals surface area contributed by atoms with Gasteiger partial charge in [0.05, 0.1) is 25.2 Å². The van der Waals surface area contributed by atoms with Crippen LogP contribution in [0.2, 0.25) is 0 Å². The van der Waals surface area contributed by atoms with Gasteiger partial charge in [0.2, 0.25) is 0 Å². The summed E-state index contributed by atoms with van der Waals surface area (Å²) < 4.78 is 46.0. The molecule has 1 amide bonds. The van der Waals surface area contributed by atoms with E-state index in [9.17, 15) is 28.1 Å². The minimum atomic E-state index is -5.00. The van der Waals surface area contributed by atoms with Crippen LogP contribution >= 0.6 is 0 Å². The van der Waals surface area contributed by atoms with Gasteiger partial charge in [-0.1, -0.05) is 0 Å². The largest absolute Gasteiger partial charge is 0.493 e. The van der Waals surface area contributed by atoms with Crippen LogP contribution in [-0.4, -0.2) is 37.8 Å². The number of alkyl halides is 3. The second-order valence-electron chi connectivity index (χ2n) is 4.10. The van der Waals surface area contributed by atoms with Gasteiger partial charge in [0, 0.05) is 12.1 Å². The van der Waals surface area contributed by atoms with E-state index in [1.54, 1.807) is 5.32 Å². The highest BCUT2D eigenvalue weighted by Gasteiger charge is 2.38. The molecule has 0 saturated heterocycles. The molecule has 1 aromatic rings. The Morgan fingerprint density at radius 2 is 1.82 bits per heavy atom. The van der Waals surface area contributed by atoms with Gasteiger partial charge in [-0.05, 0) is 12.5 Å². The first-order valence-electron chi connectivity index (χ1n) is 5.95. The van der Waals surface area contributed by atoms with Crippen LogP contribution in [0.25, 0.3) is 0 Å².